The Morgan fingerprint density at radius 3 is 2.76 bits per heavy atom. The summed E-state index contributed by atoms with van der Waals surface area (Å²) in [4.78, 5) is 24.8. The maximum Gasteiger partial charge on any atom is 0.454 e. The van der Waals surface area contributed by atoms with Gasteiger partial charge in [0.15, 0.2) is 0 Å². The van der Waals surface area contributed by atoms with Gasteiger partial charge in [-0.2, -0.15) is 13.2 Å². The van der Waals surface area contributed by atoms with E-state index in [0.717, 1.165) is 6.20 Å². The van der Waals surface area contributed by atoms with Crippen molar-refractivity contribution in [2.24, 2.45) is 0 Å². The fourth-order valence-electron chi connectivity index (χ4n) is 2.50. The number of likely N-dealkylation sites (tertiary alicyclic amines) is 1. The third-order valence-electron chi connectivity index (χ3n) is 3.71. The van der Waals surface area contributed by atoms with E-state index in [1.54, 1.807) is 12.1 Å². The third-order valence-corrected chi connectivity index (χ3v) is 3.95. The molecule has 0 unspecified atom stereocenters. The summed E-state index contributed by atoms with van der Waals surface area (Å²) in [5.41, 5.74) is 0.363. The van der Waals surface area contributed by atoms with Gasteiger partial charge in [0.05, 0.1) is 12.8 Å². The number of carbonyl (C=O) groups is 2. The summed E-state index contributed by atoms with van der Waals surface area (Å²) in [5.74, 6) is -1.97. The molecule has 136 valence electrons. The molecule has 1 atom stereocenters. The fraction of sp³-hybridized carbons (Fsp3) is 0.375. The molecule has 0 radical (unpaired) electrons. The van der Waals surface area contributed by atoms with Gasteiger partial charge < -0.3 is 15.0 Å². The highest BCUT2D eigenvalue weighted by Gasteiger charge is 2.37. The van der Waals surface area contributed by atoms with E-state index < -0.39 is 23.9 Å². The van der Waals surface area contributed by atoms with Crippen LogP contribution in [0.1, 0.15) is 12.8 Å². The monoisotopic (exact) mass is 376 g/mol. The van der Waals surface area contributed by atoms with Crippen LogP contribution in [0, 0.1) is 0 Å². The Morgan fingerprint density at radius 2 is 2.12 bits per heavy atom. The van der Waals surface area contributed by atoms with Gasteiger partial charge >= 0.3 is 6.18 Å². The lowest BCUT2D eigenvalue weighted by atomic mass is 10.2. The van der Waals surface area contributed by atoms with Crippen LogP contribution in [0.5, 0.6) is 5.75 Å². The summed E-state index contributed by atoms with van der Waals surface area (Å²) in [6, 6.07) is 4.02. The van der Waals surface area contributed by atoms with Crippen molar-refractivity contribution in [2.45, 2.75) is 25.1 Å². The molecular formula is C16H16ClF3N2O3. The first-order valence-electron chi connectivity index (χ1n) is 7.42. The van der Waals surface area contributed by atoms with Crippen molar-refractivity contribution in [2.75, 3.05) is 19.0 Å². The second-order valence-electron chi connectivity index (χ2n) is 5.41. The van der Waals surface area contributed by atoms with Crippen LogP contribution in [-0.2, 0) is 9.59 Å². The first kappa shape index (κ1) is 19.1. The van der Waals surface area contributed by atoms with E-state index >= 15 is 0 Å². The van der Waals surface area contributed by atoms with Gasteiger partial charge in [0.1, 0.15) is 11.8 Å². The Balaban J connectivity index is 2.09. The maximum absolute atomic E-state index is 12.5. The maximum atomic E-state index is 12.5. The zero-order valence-corrected chi connectivity index (χ0v) is 14.0. The largest absolute Gasteiger partial charge is 0.495 e. The molecule has 9 heteroatoms. The van der Waals surface area contributed by atoms with Gasteiger partial charge in [-0.15, -0.1) is 0 Å². The van der Waals surface area contributed by atoms with Crippen molar-refractivity contribution >= 4 is 29.0 Å². The summed E-state index contributed by atoms with van der Waals surface area (Å²) in [7, 11) is 1.44. The van der Waals surface area contributed by atoms with Crippen LogP contribution in [0.25, 0.3) is 0 Å². The number of allylic oxidation sites excluding steroid dienone is 1. The number of ketones is 1. The highest BCUT2D eigenvalue weighted by Crippen LogP contribution is 2.29. The minimum atomic E-state index is -4.93. The predicted octanol–water partition coefficient (Wildman–Crippen LogP) is 3.40. The molecule has 5 nitrogen and oxygen atoms in total. The number of halogens is 4. The normalized spacial score (nSPS) is 17.8. The fourth-order valence-corrected chi connectivity index (χ4v) is 2.67. The molecule has 1 aromatic carbocycles. The molecule has 1 aromatic rings. The average Bonchev–Trinajstić information content (AvgIpc) is 3.00. The van der Waals surface area contributed by atoms with Crippen molar-refractivity contribution in [3.05, 3.63) is 35.5 Å². The summed E-state index contributed by atoms with van der Waals surface area (Å²) in [6.07, 6.45) is -2.40. The first-order valence-corrected chi connectivity index (χ1v) is 7.79. The van der Waals surface area contributed by atoms with Gasteiger partial charge in [0.2, 0.25) is 5.91 Å². The standard InChI is InChI=1S/C16H16ClF3N2O3/c1-25-13-5-4-10(17)9-11(13)21-15(24)12-3-2-7-22(12)8-6-14(23)16(18,19)20/h4-6,8-9,12H,2-3,7H2,1H3,(H,21,24)/b8-6+/t12-/m1/s1. The van der Waals surface area contributed by atoms with E-state index in [-0.39, 0.29) is 0 Å². The molecule has 0 bridgehead atoms. The molecule has 1 N–H and O–H groups in total. The van der Waals surface area contributed by atoms with Gasteiger partial charge in [-0.1, -0.05) is 11.6 Å². The number of alkyl halides is 3. The molecule has 1 fully saturated rings. The van der Waals surface area contributed by atoms with Crippen LogP contribution in [0.4, 0.5) is 18.9 Å². The Kier molecular flexibility index (Phi) is 5.94. The summed E-state index contributed by atoms with van der Waals surface area (Å²) in [6.45, 7) is 0.381. The molecule has 0 aliphatic carbocycles. The zero-order valence-electron chi connectivity index (χ0n) is 13.3. The van der Waals surface area contributed by atoms with Crippen molar-refractivity contribution in [3.63, 3.8) is 0 Å². The molecule has 0 saturated carbocycles. The summed E-state index contributed by atoms with van der Waals surface area (Å²) >= 11 is 5.90. The number of hydrogen-bond donors (Lipinski definition) is 1. The van der Waals surface area contributed by atoms with Crippen molar-refractivity contribution in [3.8, 4) is 5.75 Å². The molecule has 25 heavy (non-hydrogen) atoms. The third kappa shape index (κ3) is 4.88. The number of methoxy groups -OCH3 is 1. The lowest BCUT2D eigenvalue weighted by Crippen LogP contribution is -2.37. The smallest absolute Gasteiger partial charge is 0.454 e. The average molecular weight is 377 g/mol. The van der Waals surface area contributed by atoms with Crippen LogP contribution in [0.3, 0.4) is 0 Å². The van der Waals surface area contributed by atoms with E-state index in [0.29, 0.717) is 41.9 Å². The van der Waals surface area contributed by atoms with E-state index in [9.17, 15) is 22.8 Å². The van der Waals surface area contributed by atoms with Crippen molar-refractivity contribution in [1.29, 1.82) is 0 Å². The number of benzene rings is 1. The molecule has 0 spiro atoms. The van der Waals surface area contributed by atoms with Crippen LogP contribution < -0.4 is 10.1 Å². The SMILES string of the molecule is COc1ccc(Cl)cc1NC(=O)[C@H]1CCCN1/C=C/C(=O)C(F)(F)F. The molecule has 1 amide bonds. The second kappa shape index (κ2) is 7.77. The topological polar surface area (TPSA) is 58.6 Å². The lowest BCUT2D eigenvalue weighted by molar-refractivity contribution is -0.165. The molecule has 1 aliphatic heterocycles. The van der Waals surface area contributed by atoms with Crippen molar-refractivity contribution in [1.82, 2.24) is 4.90 Å². The van der Waals surface area contributed by atoms with Crippen LogP contribution >= 0.6 is 11.6 Å². The van der Waals surface area contributed by atoms with Crippen LogP contribution in [-0.4, -0.2) is 42.5 Å². The Bertz CT molecular complexity index is 692. The molecule has 1 saturated heterocycles. The number of rotatable bonds is 5. The molecular weight excluding hydrogens is 361 g/mol. The molecule has 1 heterocycles. The minimum absolute atomic E-state index is 0.363. The summed E-state index contributed by atoms with van der Waals surface area (Å²) in [5, 5.41) is 3.06. The Hall–Kier alpha value is -2.22. The molecule has 0 aromatic heterocycles. The van der Waals surface area contributed by atoms with Gasteiger partial charge in [-0.05, 0) is 31.0 Å². The van der Waals surface area contributed by atoms with Gasteiger partial charge in [0.25, 0.3) is 5.78 Å². The molecule has 2 rings (SSSR count). The van der Waals surface area contributed by atoms with E-state index in [2.05, 4.69) is 5.32 Å². The van der Waals surface area contributed by atoms with E-state index in [4.69, 9.17) is 16.3 Å². The lowest BCUT2D eigenvalue weighted by Gasteiger charge is -2.22. The quantitative estimate of drug-likeness (QED) is 0.800. The van der Waals surface area contributed by atoms with E-state index in [1.165, 1.54) is 18.1 Å². The number of nitrogens with zero attached hydrogens (tertiary/aromatic N) is 1. The summed E-state index contributed by atoms with van der Waals surface area (Å²) < 4.78 is 41.9. The number of ether oxygens (including phenoxy) is 1. The Morgan fingerprint density at radius 1 is 1.40 bits per heavy atom. The Labute approximate surface area is 147 Å². The van der Waals surface area contributed by atoms with Crippen LogP contribution in [0.15, 0.2) is 30.5 Å². The number of carbonyl (C=O) groups excluding carboxylic acids is 2. The van der Waals surface area contributed by atoms with Crippen molar-refractivity contribution < 1.29 is 27.5 Å². The van der Waals surface area contributed by atoms with Crippen LogP contribution in [0.2, 0.25) is 5.02 Å². The number of hydrogen-bond acceptors (Lipinski definition) is 4. The minimum Gasteiger partial charge on any atom is -0.495 e. The van der Waals surface area contributed by atoms with Gasteiger partial charge in [0, 0.05) is 23.8 Å². The van der Waals surface area contributed by atoms with Gasteiger partial charge in [-0.3, -0.25) is 9.59 Å². The first-order chi connectivity index (χ1) is 11.7. The number of nitrogens with one attached hydrogen (secondary N) is 1. The number of anilines is 1. The number of amides is 1. The highest BCUT2D eigenvalue weighted by atomic mass is 35.5. The van der Waals surface area contributed by atoms with E-state index in [1.807, 2.05) is 0 Å². The predicted molar refractivity (Wildman–Crippen MR) is 86.6 cm³/mol. The molecule has 1 aliphatic rings. The zero-order chi connectivity index (χ0) is 18.6. The second-order valence-corrected chi connectivity index (χ2v) is 5.84. The highest BCUT2D eigenvalue weighted by molar-refractivity contribution is 6.31. The van der Waals surface area contributed by atoms with Gasteiger partial charge in [-0.25, -0.2) is 0 Å².